The van der Waals surface area contributed by atoms with E-state index in [0.717, 1.165) is 18.4 Å². The second kappa shape index (κ2) is 8.62. The van der Waals surface area contributed by atoms with E-state index in [1.54, 1.807) is 12.1 Å². The lowest BCUT2D eigenvalue weighted by atomic mass is 9.98. The summed E-state index contributed by atoms with van der Waals surface area (Å²) in [5.41, 5.74) is 1.49. The second-order valence-electron chi connectivity index (χ2n) is 6.24. The molecule has 0 heterocycles. The summed E-state index contributed by atoms with van der Waals surface area (Å²) in [4.78, 5) is 23.8. The first-order valence-electron chi connectivity index (χ1n) is 8.58. The van der Waals surface area contributed by atoms with E-state index < -0.39 is 18.6 Å². The van der Waals surface area contributed by atoms with Crippen LogP contribution in [-0.2, 0) is 14.3 Å². The number of nitrogens with one attached hydrogen (secondary N) is 1. The molecule has 1 aliphatic rings. The first kappa shape index (κ1) is 18.8. The number of halogens is 2. The summed E-state index contributed by atoms with van der Waals surface area (Å²) in [6.07, 6.45) is 1.61. The number of carbonyl (C=O) groups is 2. The van der Waals surface area contributed by atoms with E-state index in [-0.39, 0.29) is 24.2 Å². The summed E-state index contributed by atoms with van der Waals surface area (Å²) in [5.74, 6) is -0.837. The Bertz CT molecular complexity index is 776. The zero-order chi connectivity index (χ0) is 19.2. The lowest BCUT2D eigenvalue weighted by Crippen LogP contribution is -2.33. The van der Waals surface area contributed by atoms with Crippen molar-refractivity contribution in [3.63, 3.8) is 0 Å². The zero-order valence-corrected chi connectivity index (χ0v) is 14.4. The Kier molecular flexibility index (Phi) is 6.01. The van der Waals surface area contributed by atoms with Crippen molar-refractivity contribution < 1.29 is 27.8 Å². The summed E-state index contributed by atoms with van der Waals surface area (Å²) in [6, 6.07) is 14.7. The van der Waals surface area contributed by atoms with Gasteiger partial charge in [0.25, 0.3) is 5.91 Å². The van der Waals surface area contributed by atoms with Crippen molar-refractivity contribution in [1.82, 2.24) is 5.32 Å². The molecule has 1 aliphatic carbocycles. The van der Waals surface area contributed by atoms with Gasteiger partial charge in [-0.15, -0.1) is 0 Å². The van der Waals surface area contributed by atoms with Gasteiger partial charge in [0.1, 0.15) is 5.75 Å². The molecule has 2 aromatic rings. The highest BCUT2D eigenvalue weighted by molar-refractivity contribution is 5.82. The Labute approximate surface area is 155 Å². The van der Waals surface area contributed by atoms with E-state index in [9.17, 15) is 18.4 Å². The molecule has 142 valence electrons. The SMILES string of the molecule is O=C(COC(=O)C1CC1)N[C@@H](c1ccccc1)c1ccc(OC(F)F)cc1. The largest absolute Gasteiger partial charge is 0.455 e. The maximum atomic E-state index is 12.3. The van der Waals surface area contributed by atoms with Crippen molar-refractivity contribution in [2.45, 2.75) is 25.5 Å². The average molecular weight is 375 g/mol. The van der Waals surface area contributed by atoms with E-state index >= 15 is 0 Å². The number of benzene rings is 2. The average Bonchev–Trinajstić information content (AvgIpc) is 3.50. The Morgan fingerprint density at radius 3 is 2.22 bits per heavy atom. The number of carbonyl (C=O) groups excluding carboxylic acids is 2. The molecule has 27 heavy (non-hydrogen) atoms. The van der Waals surface area contributed by atoms with E-state index in [1.807, 2.05) is 30.3 Å². The van der Waals surface area contributed by atoms with Crippen LogP contribution in [0.2, 0.25) is 0 Å². The van der Waals surface area contributed by atoms with Gasteiger partial charge in [-0.05, 0) is 36.1 Å². The second-order valence-corrected chi connectivity index (χ2v) is 6.24. The number of esters is 1. The summed E-state index contributed by atoms with van der Waals surface area (Å²) >= 11 is 0. The number of alkyl halides is 2. The fraction of sp³-hybridized carbons (Fsp3) is 0.300. The minimum Gasteiger partial charge on any atom is -0.455 e. The molecule has 1 amide bonds. The monoisotopic (exact) mass is 375 g/mol. The summed E-state index contributed by atoms with van der Waals surface area (Å²) < 4.78 is 34.0. The van der Waals surface area contributed by atoms with Crippen molar-refractivity contribution >= 4 is 11.9 Å². The van der Waals surface area contributed by atoms with Crippen molar-refractivity contribution in [3.8, 4) is 5.75 Å². The maximum absolute atomic E-state index is 12.3. The minimum absolute atomic E-state index is 0.0326. The smallest absolute Gasteiger partial charge is 0.387 e. The van der Waals surface area contributed by atoms with Crippen LogP contribution in [0.4, 0.5) is 8.78 Å². The van der Waals surface area contributed by atoms with Crippen LogP contribution in [0.5, 0.6) is 5.75 Å². The van der Waals surface area contributed by atoms with E-state index in [0.29, 0.717) is 5.56 Å². The number of hydrogen-bond donors (Lipinski definition) is 1. The predicted molar refractivity (Wildman–Crippen MR) is 93.2 cm³/mol. The number of hydrogen-bond acceptors (Lipinski definition) is 4. The molecule has 0 aliphatic heterocycles. The molecule has 0 unspecified atom stereocenters. The third-order valence-corrected chi connectivity index (χ3v) is 4.13. The molecular weight excluding hydrogens is 356 g/mol. The van der Waals surface area contributed by atoms with Gasteiger partial charge in [0.2, 0.25) is 0 Å². The normalized spacial score (nSPS) is 14.5. The quantitative estimate of drug-likeness (QED) is 0.718. The molecule has 1 N–H and O–H groups in total. The Morgan fingerprint density at radius 1 is 1.00 bits per heavy atom. The summed E-state index contributed by atoms with van der Waals surface area (Å²) in [7, 11) is 0. The zero-order valence-electron chi connectivity index (χ0n) is 14.4. The van der Waals surface area contributed by atoms with Crippen molar-refractivity contribution in [1.29, 1.82) is 0 Å². The van der Waals surface area contributed by atoms with Crippen LogP contribution in [0.3, 0.4) is 0 Å². The topological polar surface area (TPSA) is 64.6 Å². The van der Waals surface area contributed by atoms with Gasteiger partial charge in [0.05, 0.1) is 12.0 Å². The third kappa shape index (κ3) is 5.51. The van der Waals surface area contributed by atoms with Gasteiger partial charge in [0.15, 0.2) is 6.61 Å². The summed E-state index contributed by atoms with van der Waals surface area (Å²) in [5, 5.41) is 2.82. The first-order chi connectivity index (χ1) is 13.0. The van der Waals surface area contributed by atoms with Gasteiger partial charge in [0, 0.05) is 0 Å². The van der Waals surface area contributed by atoms with Crippen molar-refractivity contribution in [3.05, 3.63) is 65.7 Å². The van der Waals surface area contributed by atoms with Crippen molar-refractivity contribution in [2.75, 3.05) is 6.61 Å². The van der Waals surface area contributed by atoms with Gasteiger partial charge in [-0.3, -0.25) is 9.59 Å². The van der Waals surface area contributed by atoms with Crippen LogP contribution in [0.25, 0.3) is 0 Å². The van der Waals surface area contributed by atoms with Crippen LogP contribution in [0.1, 0.15) is 30.0 Å². The molecule has 1 saturated carbocycles. The Balaban J connectivity index is 1.71. The number of amides is 1. The van der Waals surface area contributed by atoms with Gasteiger partial charge in [-0.2, -0.15) is 8.78 Å². The predicted octanol–water partition coefficient (Wildman–Crippen LogP) is 3.45. The van der Waals surface area contributed by atoms with E-state index in [1.165, 1.54) is 12.1 Å². The highest BCUT2D eigenvalue weighted by Crippen LogP contribution is 2.30. The first-order valence-corrected chi connectivity index (χ1v) is 8.58. The van der Waals surface area contributed by atoms with Crippen LogP contribution in [-0.4, -0.2) is 25.1 Å². The molecule has 0 bridgehead atoms. The maximum Gasteiger partial charge on any atom is 0.387 e. The van der Waals surface area contributed by atoms with Gasteiger partial charge >= 0.3 is 12.6 Å². The third-order valence-electron chi connectivity index (χ3n) is 4.13. The highest BCUT2D eigenvalue weighted by Gasteiger charge is 2.31. The molecule has 1 fully saturated rings. The molecule has 0 saturated heterocycles. The van der Waals surface area contributed by atoms with Crippen LogP contribution >= 0.6 is 0 Å². The molecule has 0 spiro atoms. The van der Waals surface area contributed by atoms with Crippen molar-refractivity contribution in [2.24, 2.45) is 5.92 Å². The van der Waals surface area contributed by atoms with Crippen LogP contribution in [0, 0.1) is 5.92 Å². The Morgan fingerprint density at radius 2 is 1.63 bits per heavy atom. The van der Waals surface area contributed by atoms with E-state index in [2.05, 4.69) is 10.1 Å². The van der Waals surface area contributed by atoms with Crippen LogP contribution in [0.15, 0.2) is 54.6 Å². The number of ether oxygens (including phenoxy) is 2. The molecule has 7 heteroatoms. The fourth-order valence-electron chi connectivity index (χ4n) is 2.62. The molecule has 0 radical (unpaired) electrons. The fourth-order valence-corrected chi connectivity index (χ4v) is 2.62. The molecule has 2 aromatic carbocycles. The summed E-state index contributed by atoms with van der Waals surface area (Å²) in [6.45, 7) is -3.26. The van der Waals surface area contributed by atoms with Crippen LogP contribution < -0.4 is 10.1 Å². The molecule has 3 rings (SSSR count). The molecule has 0 aromatic heterocycles. The van der Waals surface area contributed by atoms with Gasteiger partial charge in [-0.25, -0.2) is 0 Å². The lowest BCUT2D eigenvalue weighted by Gasteiger charge is -2.20. The molecular formula is C20H19F2NO4. The minimum atomic E-state index is -2.90. The van der Waals surface area contributed by atoms with Gasteiger partial charge in [-0.1, -0.05) is 42.5 Å². The highest BCUT2D eigenvalue weighted by atomic mass is 19.3. The lowest BCUT2D eigenvalue weighted by molar-refractivity contribution is -0.149. The molecule has 1 atom stereocenters. The van der Waals surface area contributed by atoms with Gasteiger partial charge < -0.3 is 14.8 Å². The van der Waals surface area contributed by atoms with E-state index in [4.69, 9.17) is 4.74 Å². The number of rotatable bonds is 8. The Hall–Kier alpha value is -2.96. The molecule has 5 nitrogen and oxygen atoms in total. The standard InChI is InChI=1S/C20H19F2NO4/c21-20(22)27-16-10-8-14(9-11-16)18(13-4-2-1-3-5-13)23-17(24)12-26-19(25)15-6-7-15/h1-5,8-11,15,18,20H,6-7,12H2,(H,23,24)/t18-/m0/s1.